The fourth-order valence-electron chi connectivity index (χ4n) is 2.82. The van der Waals surface area contributed by atoms with Crippen LogP contribution in [0.5, 0.6) is 0 Å². The number of carbonyl (C=O) groups excluding carboxylic acids is 2. The molecular weight excluding hydrogens is 374 g/mol. The predicted molar refractivity (Wildman–Crippen MR) is 112 cm³/mol. The van der Waals surface area contributed by atoms with Crippen LogP contribution in [0.3, 0.4) is 0 Å². The number of nitrogens with two attached hydrogens (primary N) is 1. The summed E-state index contributed by atoms with van der Waals surface area (Å²) in [4.78, 5) is 23.8. The number of amides is 2. The predicted octanol–water partition coefficient (Wildman–Crippen LogP) is 3.09. The van der Waals surface area contributed by atoms with Crippen molar-refractivity contribution in [1.82, 2.24) is 14.8 Å². The standard InChI is InChI=1S/C20H29N5O2S/c1-12(2)11-25-17(10-9-16(21)26)23-24-20(25)28-15(5)19(27)22-18-13(3)7-6-8-14(18)4/h6-8,12,15H,9-11H2,1-5H3,(H2,21,26)(H,22,27)/t15-/m1/s1. The number of anilines is 1. The van der Waals surface area contributed by atoms with Crippen molar-refractivity contribution in [2.75, 3.05) is 5.32 Å². The molecule has 152 valence electrons. The SMILES string of the molecule is Cc1cccc(C)c1NC(=O)[C@@H](C)Sc1nnc(CCC(N)=O)n1CC(C)C. The average Bonchev–Trinajstić information content (AvgIpc) is 2.97. The van der Waals surface area contributed by atoms with E-state index < -0.39 is 0 Å². The van der Waals surface area contributed by atoms with Gasteiger partial charge in [0.2, 0.25) is 11.8 Å². The number of nitrogens with one attached hydrogen (secondary N) is 1. The number of para-hydroxylation sites is 1. The molecule has 2 rings (SSSR count). The minimum absolute atomic E-state index is 0.0832. The second-order valence-electron chi connectivity index (χ2n) is 7.39. The molecule has 2 aromatic rings. The summed E-state index contributed by atoms with van der Waals surface area (Å²) >= 11 is 1.37. The second kappa shape index (κ2) is 9.73. The summed E-state index contributed by atoms with van der Waals surface area (Å²) in [6.45, 7) is 10.7. The zero-order valence-electron chi connectivity index (χ0n) is 17.2. The van der Waals surface area contributed by atoms with Crippen molar-refractivity contribution in [3.8, 4) is 0 Å². The molecule has 0 fully saturated rings. The molecular formula is C20H29N5O2S. The first-order chi connectivity index (χ1) is 13.2. The Morgan fingerprint density at radius 3 is 2.39 bits per heavy atom. The molecule has 0 aliphatic heterocycles. The average molecular weight is 404 g/mol. The monoisotopic (exact) mass is 403 g/mol. The molecule has 0 spiro atoms. The number of nitrogens with zero attached hydrogens (tertiary/aromatic N) is 3. The Bertz CT molecular complexity index is 827. The molecule has 7 nitrogen and oxygen atoms in total. The topological polar surface area (TPSA) is 103 Å². The third kappa shape index (κ3) is 5.82. The van der Waals surface area contributed by atoms with Crippen LogP contribution in [0.2, 0.25) is 0 Å². The number of carbonyl (C=O) groups is 2. The van der Waals surface area contributed by atoms with Crippen LogP contribution in [0, 0.1) is 19.8 Å². The maximum Gasteiger partial charge on any atom is 0.237 e. The first kappa shape index (κ1) is 21.9. The lowest BCUT2D eigenvalue weighted by molar-refractivity contribution is -0.118. The van der Waals surface area contributed by atoms with Gasteiger partial charge in [-0.15, -0.1) is 10.2 Å². The summed E-state index contributed by atoms with van der Waals surface area (Å²) in [5, 5.41) is 11.8. The highest BCUT2D eigenvalue weighted by Crippen LogP contribution is 2.26. The Hall–Kier alpha value is -2.35. The summed E-state index contributed by atoms with van der Waals surface area (Å²) in [5.41, 5.74) is 8.17. The molecule has 0 aliphatic rings. The number of aromatic nitrogens is 3. The summed E-state index contributed by atoms with van der Waals surface area (Å²) in [5.74, 6) is 0.647. The molecule has 28 heavy (non-hydrogen) atoms. The van der Waals surface area contributed by atoms with Gasteiger partial charge in [0.15, 0.2) is 5.16 Å². The van der Waals surface area contributed by atoms with Crippen molar-refractivity contribution in [3.05, 3.63) is 35.2 Å². The summed E-state index contributed by atoms with van der Waals surface area (Å²) in [7, 11) is 0. The third-order valence-corrected chi connectivity index (χ3v) is 5.40. The maximum atomic E-state index is 12.7. The van der Waals surface area contributed by atoms with Gasteiger partial charge in [-0.25, -0.2) is 0 Å². The summed E-state index contributed by atoms with van der Waals surface area (Å²) < 4.78 is 1.99. The largest absolute Gasteiger partial charge is 0.370 e. The van der Waals surface area contributed by atoms with E-state index in [1.807, 2.05) is 43.5 Å². The van der Waals surface area contributed by atoms with Crippen molar-refractivity contribution in [2.45, 2.75) is 64.4 Å². The molecule has 1 heterocycles. The number of rotatable bonds is 9. The number of aryl methyl sites for hydroxylation is 3. The smallest absolute Gasteiger partial charge is 0.237 e. The van der Waals surface area contributed by atoms with Crippen LogP contribution in [0.4, 0.5) is 5.69 Å². The molecule has 0 aliphatic carbocycles. The Labute approximate surface area is 170 Å². The van der Waals surface area contributed by atoms with E-state index in [9.17, 15) is 9.59 Å². The molecule has 0 saturated heterocycles. The molecule has 2 amide bonds. The summed E-state index contributed by atoms with van der Waals surface area (Å²) in [6, 6.07) is 5.93. The summed E-state index contributed by atoms with van der Waals surface area (Å²) in [6.07, 6.45) is 0.669. The van der Waals surface area contributed by atoms with Crippen molar-refractivity contribution in [1.29, 1.82) is 0 Å². The van der Waals surface area contributed by atoms with E-state index in [4.69, 9.17) is 5.73 Å². The lowest BCUT2D eigenvalue weighted by atomic mass is 10.1. The molecule has 0 radical (unpaired) electrons. The Balaban J connectivity index is 2.14. The van der Waals surface area contributed by atoms with Crippen LogP contribution in [-0.4, -0.2) is 31.8 Å². The van der Waals surface area contributed by atoms with Crippen LogP contribution in [0.1, 0.15) is 44.1 Å². The fraction of sp³-hybridized carbons (Fsp3) is 0.500. The van der Waals surface area contributed by atoms with Gasteiger partial charge in [-0.05, 0) is 37.8 Å². The highest BCUT2D eigenvalue weighted by molar-refractivity contribution is 8.00. The zero-order chi connectivity index (χ0) is 20.8. The van der Waals surface area contributed by atoms with Crippen molar-refractivity contribution in [3.63, 3.8) is 0 Å². The first-order valence-electron chi connectivity index (χ1n) is 9.43. The molecule has 8 heteroatoms. The van der Waals surface area contributed by atoms with Crippen LogP contribution in [0.15, 0.2) is 23.4 Å². The van der Waals surface area contributed by atoms with E-state index in [2.05, 4.69) is 29.4 Å². The van der Waals surface area contributed by atoms with Crippen molar-refractivity contribution < 1.29 is 9.59 Å². The van der Waals surface area contributed by atoms with Gasteiger partial charge in [0.25, 0.3) is 0 Å². The van der Waals surface area contributed by atoms with Crippen molar-refractivity contribution in [2.24, 2.45) is 11.7 Å². The maximum absolute atomic E-state index is 12.7. The first-order valence-corrected chi connectivity index (χ1v) is 10.3. The molecule has 1 atom stereocenters. The van der Waals surface area contributed by atoms with Crippen LogP contribution < -0.4 is 11.1 Å². The number of hydrogen-bond donors (Lipinski definition) is 2. The fourth-order valence-corrected chi connectivity index (χ4v) is 3.70. The van der Waals surface area contributed by atoms with E-state index in [1.165, 1.54) is 11.8 Å². The molecule has 0 saturated carbocycles. The number of primary amides is 1. The van der Waals surface area contributed by atoms with E-state index in [0.717, 1.165) is 22.6 Å². The Morgan fingerprint density at radius 2 is 1.82 bits per heavy atom. The number of thioether (sulfide) groups is 1. The quantitative estimate of drug-likeness (QED) is 0.626. The van der Waals surface area contributed by atoms with Crippen LogP contribution in [0.25, 0.3) is 0 Å². The van der Waals surface area contributed by atoms with Crippen LogP contribution >= 0.6 is 11.8 Å². The van der Waals surface area contributed by atoms with E-state index in [-0.39, 0.29) is 23.5 Å². The Kier molecular flexibility index (Phi) is 7.62. The van der Waals surface area contributed by atoms with Gasteiger partial charge >= 0.3 is 0 Å². The minimum atomic E-state index is -0.366. The molecule has 0 bridgehead atoms. The highest BCUT2D eigenvalue weighted by Gasteiger charge is 2.21. The lowest BCUT2D eigenvalue weighted by Gasteiger charge is -2.16. The molecule has 1 aromatic carbocycles. The third-order valence-electron chi connectivity index (χ3n) is 4.32. The number of hydrogen-bond acceptors (Lipinski definition) is 5. The van der Waals surface area contributed by atoms with Gasteiger partial charge < -0.3 is 15.6 Å². The number of benzene rings is 1. The zero-order valence-corrected chi connectivity index (χ0v) is 18.0. The van der Waals surface area contributed by atoms with E-state index in [0.29, 0.717) is 24.0 Å². The molecule has 1 aromatic heterocycles. The van der Waals surface area contributed by atoms with Gasteiger partial charge in [0, 0.05) is 25.1 Å². The molecule has 3 N–H and O–H groups in total. The normalized spacial score (nSPS) is 12.2. The van der Waals surface area contributed by atoms with E-state index >= 15 is 0 Å². The van der Waals surface area contributed by atoms with E-state index in [1.54, 1.807) is 0 Å². The van der Waals surface area contributed by atoms with Crippen molar-refractivity contribution >= 4 is 29.3 Å². The lowest BCUT2D eigenvalue weighted by Crippen LogP contribution is -2.24. The highest BCUT2D eigenvalue weighted by atomic mass is 32.2. The van der Waals surface area contributed by atoms with Gasteiger partial charge in [0.1, 0.15) is 5.82 Å². The van der Waals surface area contributed by atoms with Gasteiger partial charge in [-0.2, -0.15) is 0 Å². The van der Waals surface area contributed by atoms with Crippen LogP contribution in [-0.2, 0) is 22.6 Å². The minimum Gasteiger partial charge on any atom is -0.370 e. The van der Waals surface area contributed by atoms with Gasteiger partial charge in [-0.3, -0.25) is 9.59 Å². The Morgan fingerprint density at radius 1 is 1.18 bits per heavy atom. The molecule has 0 unspecified atom stereocenters. The second-order valence-corrected chi connectivity index (χ2v) is 8.69. The van der Waals surface area contributed by atoms with Gasteiger partial charge in [-0.1, -0.05) is 43.8 Å². The van der Waals surface area contributed by atoms with Gasteiger partial charge in [0.05, 0.1) is 5.25 Å².